The normalized spacial score (nSPS) is 14.8. The Bertz CT molecular complexity index is 2470. The van der Waals surface area contributed by atoms with E-state index < -0.39 is 97.5 Å². The number of hydrogen-bond donors (Lipinski definition) is 3. The average molecular weight is 1440 g/mol. The maximum atomic E-state index is 13.1. The highest BCUT2D eigenvalue weighted by atomic mass is 31.2. The first-order valence-corrected chi connectivity index (χ1v) is 41.1. The van der Waals surface area contributed by atoms with Gasteiger partial charge in [0.05, 0.1) is 32.8 Å². The van der Waals surface area contributed by atoms with Gasteiger partial charge < -0.3 is 33.8 Å². The Morgan fingerprint density at radius 1 is 0.300 bits per heavy atom. The van der Waals surface area contributed by atoms with Crippen LogP contribution in [0.1, 0.15) is 285 Å². The minimum absolute atomic E-state index is 0.0556. The molecule has 0 rings (SSSR count). The van der Waals surface area contributed by atoms with Crippen LogP contribution >= 0.6 is 15.6 Å². The van der Waals surface area contributed by atoms with Crippen LogP contribution < -0.4 is 0 Å². The van der Waals surface area contributed by atoms with Gasteiger partial charge in [0.15, 0.2) is 12.2 Å². The summed E-state index contributed by atoms with van der Waals surface area (Å²) in [5.74, 6) is -2.37. The van der Waals surface area contributed by atoms with E-state index in [1.807, 2.05) is 18.2 Å². The SMILES string of the molecule is CC/C=C\C/C=C\C/C=C\C/C=C\C/C=C\CC(=O)OCC(COP(=O)(O)OCC(O)COP(=O)(O)OCC(COC(=O)CCCCCCCC/C=C\C/C=C\C/C=C\C/C=C\CC)OC(=O)CCCCCCC/C=C\CCCC)OC(=O)CCCCCCC/C=C\C/C=C\CCCCC. The minimum atomic E-state index is -5.00. The van der Waals surface area contributed by atoms with Crippen LogP contribution in [0.15, 0.2) is 146 Å². The highest BCUT2D eigenvalue weighted by Gasteiger charge is 2.30. The number of allylic oxidation sites excluding steroid dienone is 23. The molecule has 5 atom stereocenters. The topological polar surface area (TPSA) is 237 Å². The number of phosphoric ester groups is 2. The number of unbranched alkanes of at least 4 members (excludes halogenated alkanes) is 21. The highest BCUT2D eigenvalue weighted by molar-refractivity contribution is 7.47. The third-order valence-electron chi connectivity index (χ3n) is 15.3. The number of phosphoric acid groups is 2. The standard InChI is InChI=1S/C81H134O17P2/c1-5-9-13-17-21-25-29-32-35-36-37-38-41-43-47-50-54-58-62-66-79(84)91-71-76(97-80(85)67-63-59-55-51-45-28-24-20-16-12-8-4)73-95-99(87,88)93-69-75(82)70-94-100(89,90)96-74-77(98-81(86)68-64-60-56-52-48-44-40-34-31-27-23-19-15-11-7-3)72-92-78(83)65-61-57-53-49-46-42-39-33-30-26-22-18-14-10-6-2/h9-10,13-14,20-27,32-35,37-40,46,49,57,61,75-77,82H,5-8,11-12,15-19,28-31,36,41-45,47-48,50-56,58-60,62-74H2,1-4H3,(H,87,88)(H,89,90)/b13-9-,14-10-,24-20-,25-21-,26-22-,27-23-,35-32-,38-37-,39-33-,40-34-,49-46-,61-57-. The number of rotatable bonds is 70. The summed E-state index contributed by atoms with van der Waals surface area (Å²) in [5.41, 5.74) is 0. The fraction of sp³-hybridized carbons (Fsp3) is 0.654. The van der Waals surface area contributed by atoms with E-state index in [1.54, 1.807) is 6.08 Å². The van der Waals surface area contributed by atoms with Crippen molar-refractivity contribution >= 4 is 39.5 Å². The molecule has 0 spiro atoms. The van der Waals surface area contributed by atoms with Crippen LogP contribution in [-0.4, -0.2) is 96.7 Å². The number of aliphatic hydroxyl groups excluding tert-OH is 1. The molecule has 0 aliphatic rings. The summed E-state index contributed by atoms with van der Waals surface area (Å²) in [6.45, 7) is 4.41. The van der Waals surface area contributed by atoms with Gasteiger partial charge in [0.1, 0.15) is 19.3 Å². The zero-order valence-electron chi connectivity index (χ0n) is 62.1. The maximum Gasteiger partial charge on any atom is 0.472 e. The molecule has 5 unspecified atom stereocenters. The molecule has 0 amide bonds. The Morgan fingerprint density at radius 2 is 0.570 bits per heavy atom. The molecular formula is C81H134O17P2. The van der Waals surface area contributed by atoms with E-state index in [4.69, 9.17) is 37.0 Å². The molecule has 0 radical (unpaired) electrons. The molecule has 100 heavy (non-hydrogen) atoms. The third kappa shape index (κ3) is 71.3. The second kappa shape index (κ2) is 72.3. The second-order valence-corrected chi connectivity index (χ2v) is 27.7. The summed E-state index contributed by atoms with van der Waals surface area (Å²) in [6.07, 6.45) is 81.6. The van der Waals surface area contributed by atoms with Crippen molar-refractivity contribution in [2.75, 3.05) is 39.6 Å². The number of ether oxygens (including phenoxy) is 4. The summed E-state index contributed by atoms with van der Waals surface area (Å²) in [7, 11) is -9.99. The van der Waals surface area contributed by atoms with E-state index in [0.717, 1.165) is 173 Å². The third-order valence-corrected chi connectivity index (χ3v) is 17.2. The Balaban J connectivity index is 5.41. The van der Waals surface area contributed by atoms with E-state index in [0.29, 0.717) is 25.7 Å². The summed E-state index contributed by atoms with van der Waals surface area (Å²) in [6, 6.07) is 0. The molecule has 0 saturated carbocycles. The van der Waals surface area contributed by atoms with Crippen molar-refractivity contribution < 1.29 is 80.2 Å². The van der Waals surface area contributed by atoms with Crippen molar-refractivity contribution in [1.82, 2.24) is 0 Å². The predicted molar refractivity (Wildman–Crippen MR) is 408 cm³/mol. The summed E-state index contributed by atoms with van der Waals surface area (Å²) < 4.78 is 68.3. The molecule has 19 heteroatoms. The lowest BCUT2D eigenvalue weighted by atomic mass is 10.1. The molecule has 3 N–H and O–H groups in total. The molecule has 0 aromatic carbocycles. The van der Waals surface area contributed by atoms with Crippen LogP contribution in [0.25, 0.3) is 0 Å². The first-order chi connectivity index (χ1) is 48.7. The van der Waals surface area contributed by atoms with E-state index in [-0.39, 0.29) is 25.7 Å². The molecule has 0 bridgehead atoms. The molecule has 0 aromatic heterocycles. The molecule has 0 aliphatic carbocycles. The van der Waals surface area contributed by atoms with Gasteiger partial charge in [0, 0.05) is 19.3 Å². The lowest BCUT2D eigenvalue weighted by Gasteiger charge is -2.21. The van der Waals surface area contributed by atoms with Crippen molar-refractivity contribution in [2.24, 2.45) is 0 Å². The number of aliphatic hydroxyl groups is 1. The minimum Gasteiger partial charge on any atom is -0.462 e. The van der Waals surface area contributed by atoms with Gasteiger partial charge in [0.25, 0.3) is 0 Å². The summed E-state index contributed by atoms with van der Waals surface area (Å²) >= 11 is 0. The summed E-state index contributed by atoms with van der Waals surface area (Å²) in [4.78, 5) is 72.8. The first-order valence-electron chi connectivity index (χ1n) is 38.1. The Hall–Kier alpha value is -5.06. The molecule has 0 aliphatic heterocycles. The second-order valence-electron chi connectivity index (χ2n) is 24.8. The predicted octanol–water partition coefficient (Wildman–Crippen LogP) is 21.9. The average Bonchev–Trinajstić information content (AvgIpc) is 0.966. The van der Waals surface area contributed by atoms with E-state index in [1.165, 1.54) is 32.1 Å². The maximum absolute atomic E-state index is 13.1. The molecular weight excluding hydrogens is 1310 g/mol. The smallest absolute Gasteiger partial charge is 0.462 e. The number of esters is 4. The van der Waals surface area contributed by atoms with Crippen LogP contribution in [0, 0.1) is 0 Å². The van der Waals surface area contributed by atoms with Gasteiger partial charge in [-0.05, 0) is 141 Å². The summed E-state index contributed by atoms with van der Waals surface area (Å²) in [5, 5.41) is 10.6. The quantitative estimate of drug-likeness (QED) is 0.0169. The lowest BCUT2D eigenvalue weighted by Crippen LogP contribution is -2.30. The Morgan fingerprint density at radius 3 is 0.930 bits per heavy atom. The molecule has 0 fully saturated rings. The molecule has 0 heterocycles. The van der Waals surface area contributed by atoms with Gasteiger partial charge in [-0.25, -0.2) is 9.13 Å². The fourth-order valence-corrected chi connectivity index (χ4v) is 11.1. The van der Waals surface area contributed by atoms with E-state index in [2.05, 4.69) is 149 Å². The zero-order chi connectivity index (χ0) is 73.2. The van der Waals surface area contributed by atoms with Crippen LogP contribution in [0.5, 0.6) is 0 Å². The number of hydrogen-bond acceptors (Lipinski definition) is 15. The van der Waals surface area contributed by atoms with Gasteiger partial charge in [-0.1, -0.05) is 263 Å². The van der Waals surface area contributed by atoms with Crippen molar-refractivity contribution in [3.63, 3.8) is 0 Å². The van der Waals surface area contributed by atoms with Crippen molar-refractivity contribution in [3.8, 4) is 0 Å². The van der Waals surface area contributed by atoms with Gasteiger partial charge in [0.2, 0.25) is 0 Å². The van der Waals surface area contributed by atoms with E-state index >= 15 is 0 Å². The fourth-order valence-electron chi connectivity index (χ4n) is 9.53. The van der Waals surface area contributed by atoms with Crippen LogP contribution in [0.4, 0.5) is 0 Å². The van der Waals surface area contributed by atoms with Crippen molar-refractivity contribution in [3.05, 3.63) is 146 Å². The Kier molecular flexibility index (Phi) is 68.6. The van der Waals surface area contributed by atoms with Crippen molar-refractivity contribution in [2.45, 2.75) is 303 Å². The lowest BCUT2D eigenvalue weighted by molar-refractivity contribution is -0.161. The van der Waals surface area contributed by atoms with Gasteiger partial charge in [-0.3, -0.25) is 37.3 Å². The molecule has 570 valence electrons. The van der Waals surface area contributed by atoms with Gasteiger partial charge in [-0.2, -0.15) is 0 Å². The molecule has 0 saturated heterocycles. The van der Waals surface area contributed by atoms with Crippen LogP contribution in [-0.2, 0) is 65.4 Å². The first kappa shape index (κ1) is 94.9. The largest absolute Gasteiger partial charge is 0.472 e. The van der Waals surface area contributed by atoms with Gasteiger partial charge in [-0.15, -0.1) is 0 Å². The highest BCUT2D eigenvalue weighted by Crippen LogP contribution is 2.45. The van der Waals surface area contributed by atoms with Crippen LogP contribution in [0.3, 0.4) is 0 Å². The van der Waals surface area contributed by atoms with Gasteiger partial charge >= 0.3 is 39.5 Å². The molecule has 17 nitrogen and oxygen atoms in total. The number of carbonyl (C=O) groups is 4. The van der Waals surface area contributed by atoms with Crippen molar-refractivity contribution in [1.29, 1.82) is 0 Å². The molecule has 0 aromatic rings. The Labute approximate surface area is 605 Å². The van der Waals surface area contributed by atoms with Crippen LogP contribution in [0.2, 0.25) is 0 Å². The van der Waals surface area contributed by atoms with E-state index in [9.17, 15) is 43.2 Å². The monoisotopic (exact) mass is 1440 g/mol. The number of carbonyl (C=O) groups excluding carboxylic acids is 4. The zero-order valence-corrected chi connectivity index (χ0v) is 63.9.